The van der Waals surface area contributed by atoms with E-state index in [4.69, 9.17) is 0 Å². The third-order valence-electron chi connectivity index (χ3n) is 1.55. The molecule has 1 nitrogen and oxygen atoms in total. The predicted molar refractivity (Wildman–Crippen MR) is 37.2 cm³/mol. The summed E-state index contributed by atoms with van der Waals surface area (Å²) in [5, 5.41) is 0. The molecule has 0 fully saturated rings. The van der Waals surface area contributed by atoms with E-state index in [0.29, 0.717) is 0 Å². The zero-order chi connectivity index (χ0) is 6.85. The molecule has 0 amide bonds. The molecule has 0 spiro atoms. The van der Waals surface area contributed by atoms with Crippen molar-refractivity contribution in [1.29, 1.82) is 0 Å². The highest BCUT2D eigenvalue weighted by atomic mass is 14.7. The molecule has 1 aromatic heterocycles. The van der Waals surface area contributed by atoms with E-state index in [2.05, 4.69) is 31.8 Å². The molecule has 1 N–H and O–H groups in total. The number of rotatable bonds is 0. The average Bonchev–Trinajstić information content (AvgIpc) is 1.80. The smallest absolute Gasteiger partial charge is 0.179 e. The van der Waals surface area contributed by atoms with Gasteiger partial charge in [-0.05, 0) is 19.9 Å². The highest BCUT2D eigenvalue weighted by molar-refractivity contribution is 5.17. The molecular weight excluding hydrogens is 110 g/mol. The molecule has 0 aromatic carbocycles. The first kappa shape index (κ1) is 6.27. The third-order valence-corrected chi connectivity index (χ3v) is 1.55. The number of H-pyrrole nitrogens is 1. The molecule has 0 aliphatic rings. The van der Waals surface area contributed by atoms with Gasteiger partial charge in [-0.2, -0.15) is 0 Å². The Hall–Kier alpha value is -0.850. The van der Waals surface area contributed by atoms with E-state index in [9.17, 15) is 0 Å². The van der Waals surface area contributed by atoms with Gasteiger partial charge in [0.15, 0.2) is 11.9 Å². The molecule has 0 bridgehead atoms. The maximum absolute atomic E-state index is 3.17. The number of aromatic amines is 1. The Morgan fingerprint density at radius 1 is 1.22 bits per heavy atom. The van der Waals surface area contributed by atoms with E-state index in [1.165, 1.54) is 16.8 Å². The van der Waals surface area contributed by atoms with E-state index in [-0.39, 0.29) is 0 Å². The standard InChI is InChI=1S/C8H11N/c1-6-4-7(2)8(3)9-5-6/h4-5H,1-3H3/p+1. The van der Waals surface area contributed by atoms with E-state index < -0.39 is 0 Å². The fourth-order valence-electron chi connectivity index (χ4n) is 0.827. The fourth-order valence-corrected chi connectivity index (χ4v) is 0.827. The van der Waals surface area contributed by atoms with Crippen molar-refractivity contribution in [2.75, 3.05) is 0 Å². The van der Waals surface area contributed by atoms with Crippen LogP contribution in [0, 0.1) is 20.8 Å². The lowest BCUT2D eigenvalue weighted by molar-refractivity contribution is -0.388. The van der Waals surface area contributed by atoms with Crippen LogP contribution in [0.15, 0.2) is 12.3 Å². The first-order valence-corrected chi connectivity index (χ1v) is 3.15. The SMILES string of the molecule is Cc1c[nH+]c(C)c(C)c1. The van der Waals surface area contributed by atoms with Crippen LogP contribution in [0.4, 0.5) is 0 Å². The topological polar surface area (TPSA) is 14.1 Å². The Labute approximate surface area is 55.7 Å². The van der Waals surface area contributed by atoms with Crippen LogP contribution in [0.1, 0.15) is 16.8 Å². The van der Waals surface area contributed by atoms with E-state index in [1.807, 2.05) is 6.20 Å². The lowest BCUT2D eigenvalue weighted by atomic mass is 10.2. The highest BCUT2D eigenvalue weighted by Gasteiger charge is 1.97. The van der Waals surface area contributed by atoms with Crippen LogP contribution in [-0.2, 0) is 0 Å². The van der Waals surface area contributed by atoms with Crippen LogP contribution < -0.4 is 4.98 Å². The normalized spacial score (nSPS) is 9.67. The number of nitrogens with one attached hydrogen (secondary N) is 1. The Kier molecular flexibility index (Phi) is 1.52. The first-order chi connectivity index (χ1) is 4.20. The van der Waals surface area contributed by atoms with Crippen LogP contribution >= 0.6 is 0 Å². The van der Waals surface area contributed by atoms with Crippen LogP contribution in [-0.4, -0.2) is 0 Å². The van der Waals surface area contributed by atoms with Crippen LogP contribution in [0.5, 0.6) is 0 Å². The van der Waals surface area contributed by atoms with Crippen molar-refractivity contribution in [3.05, 3.63) is 29.1 Å². The quantitative estimate of drug-likeness (QED) is 0.494. The number of aryl methyl sites for hydroxylation is 3. The molecule has 0 atom stereocenters. The zero-order valence-electron chi connectivity index (χ0n) is 6.15. The first-order valence-electron chi connectivity index (χ1n) is 3.15. The van der Waals surface area contributed by atoms with Gasteiger partial charge in [0, 0.05) is 18.1 Å². The van der Waals surface area contributed by atoms with E-state index in [1.54, 1.807) is 0 Å². The largest absolute Gasteiger partial charge is 0.215 e. The molecule has 1 heteroatoms. The van der Waals surface area contributed by atoms with Gasteiger partial charge >= 0.3 is 0 Å². The molecule has 0 radical (unpaired) electrons. The number of hydrogen-bond donors (Lipinski definition) is 0. The van der Waals surface area contributed by atoms with Gasteiger partial charge in [-0.25, -0.2) is 4.98 Å². The van der Waals surface area contributed by atoms with Crippen molar-refractivity contribution < 1.29 is 4.98 Å². The molecule has 0 unspecified atom stereocenters. The van der Waals surface area contributed by atoms with Crippen molar-refractivity contribution in [1.82, 2.24) is 0 Å². The van der Waals surface area contributed by atoms with Crippen molar-refractivity contribution in [3.63, 3.8) is 0 Å². The van der Waals surface area contributed by atoms with Gasteiger partial charge in [-0.1, -0.05) is 0 Å². The number of hydrogen-bond acceptors (Lipinski definition) is 0. The second-order valence-corrected chi connectivity index (χ2v) is 2.49. The van der Waals surface area contributed by atoms with Gasteiger partial charge in [0.2, 0.25) is 0 Å². The monoisotopic (exact) mass is 122 g/mol. The molecule has 0 saturated heterocycles. The van der Waals surface area contributed by atoms with Gasteiger partial charge < -0.3 is 0 Å². The van der Waals surface area contributed by atoms with Crippen LogP contribution in [0.2, 0.25) is 0 Å². The molecular formula is C8H12N+. The summed E-state index contributed by atoms with van der Waals surface area (Å²) in [6.45, 7) is 6.27. The van der Waals surface area contributed by atoms with Crippen LogP contribution in [0.3, 0.4) is 0 Å². The summed E-state index contributed by atoms with van der Waals surface area (Å²) in [5.41, 5.74) is 3.87. The Bertz CT molecular complexity index is 216. The van der Waals surface area contributed by atoms with Crippen molar-refractivity contribution in [2.24, 2.45) is 0 Å². The average molecular weight is 122 g/mol. The van der Waals surface area contributed by atoms with E-state index in [0.717, 1.165) is 0 Å². The second-order valence-electron chi connectivity index (χ2n) is 2.49. The minimum atomic E-state index is 1.25. The number of pyridine rings is 1. The fraction of sp³-hybridized carbons (Fsp3) is 0.375. The summed E-state index contributed by atoms with van der Waals surface area (Å²) in [7, 11) is 0. The second kappa shape index (κ2) is 2.18. The van der Waals surface area contributed by atoms with Gasteiger partial charge in [0.05, 0.1) is 0 Å². The summed E-state index contributed by atoms with van der Waals surface area (Å²) < 4.78 is 0. The highest BCUT2D eigenvalue weighted by Crippen LogP contribution is 2.00. The maximum atomic E-state index is 3.17. The van der Waals surface area contributed by atoms with Crippen molar-refractivity contribution in [2.45, 2.75) is 20.8 Å². The van der Waals surface area contributed by atoms with Gasteiger partial charge in [-0.15, -0.1) is 0 Å². The molecule has 1 aromatic rings. The Balaban J connectivity index is 3.17. The molecule has 9 heavy (non-hydrogen) atoms. The lowest BCUT2D eigenvalue weighted by Gasteiger charge is -1.91. The van der Waals surface area contributed by atoms with Gasteiger partial charge in [0.25, 0.3) is 0 Å². The van der Waals surface area contributed by atoms with Crippen molar-refractivity contribution in [3.8, 4) is 0 Å². The molecule has 0 aliphatic heterocycles. The van der Waals surface area contributed by atoms with Crippen molar-refractivity contribution >= 4 is 0 Å². The minimum Gasteiger partial charge on any atom is -0.215 e. The lowest BCUT2D eigenvalue weighted by Crippen LogP contribution is -2.08. The summed E-state index contributed by atoms with van der Waals surface area (Å²) in [4.78, 5) is 3.17. The van der Waals surface area contributed by atoms with Gasteiger partial charge in [-0.3, -0.25) is 0 Å². The summed E-state index contributed by atoms with van der Waals surface area (Å²) in [6, 6.07) is 2.17. The maximum Gasteiger partial charge on any atom is 0.179 e. The van der Waals surface area contributed by atoms with E-state index >= 15 is 0 Å². The molecule has 0 saturated carbocycles. The third kappa shape index (κ3) is 1.28. The number of aromatic nitrogens is 1. The molecule has 1 heterocycles. The summed E-state index contributed by atoms with van der Waals surface area (Å²) in [5.74, 6) is 0. The predicted octanol–water partition coefficient (Wildman–Crippen LogP) is 1.43. The summed E-state index contributed by atoms with van der Waals surface area (Å²) >= 11 is 0. The van der Waals surface area contributed by atoms with Gasteiger partial charge in [0.1, 0.15) is 0 Å². The molecule has 48 valence electrons. The van der Waals surface area contributed by atoms with Crippen LogP contribution in [0.25, 0.3) is 0 Å². The Morgan fingerprint density at radius 3 is 2.33 bits per heavy atom. The molecule has 1 rings (SSSR count). The zero-order valence-corrected chi connectivity index (χ0v) is 6.15. The minimum absolute atomic E-state index is 1.25. The molecule has 0 aliphatic carbocycles. The Morgan fingerprint density at radius 2 is 1.89 bits per heavy atom. The summed E-state index contributed by atoms with van der Waals surface area (Å²) in [6.07, 6.45) is 2.02.